The summed E-state index contributed by atoms with van der Waals surface area (Å²) in [6, 6.07) is 11.7. The third-order valence-corrected chi connectivity index (χ3v) is 6.26. The minimum atomic E-state index is -0.531. The molecule has 2 aromatic rings. The summed E-state index contributed by atoms with van der Waals surface area (Å²) in [5.41, 5.74) is 3.93. The predicted octanol–water partition coefficient (Wildman–Crippen LogP) is 4.62. The molecule has 6 heteroatoms. The van der Waals surface area contributed by atoms with E-state index in [0.717, 1.165) is 34.7 Å². The van der Waals surface area contributed by atoms with Crippen LogP contribution >= 0.6 is 11.8 Å². The normalized spacial score (nSPS) is 21.4. The molecule has 2 aliphatic rings. The fourth-order valence-electron chi connectivity index (χ4n) is 4.17. The topological polar surface area (TPSA) is 71.4 Å². The van der Waals surface area contributed by atoms with Crippen LogP contribution in [0, 0.1) is 5.92 Å². The van der Waals surface area contributed by atoms with Gasteiger partial charge in [0, 0.05) is 40.4 Å². The van der Waals surface area contributed by atoms with Crippen molar-refractivity contribution in [2.24, 2.45) is 10.9 Å². The number of rotatable bonds is 4. The van der Waals surface area contributed by atoms with E-state index in [1.54, 1.807) is 36.3 Å². The Kier molecular flexibility index (Phi) is 5.62. The Balaban J connectivity index is 1.77. The monoisotopic (exact) mass is 405 g/mol. The lowest BCUT2D eigenvalue weighted by Gasteiger charge is -2.35. The molecular weight excluding hydrogens is 382 g/mol. The number of hydrogen-bond acceptors (Lipinski definition) is 5. The Bertz CT molecular complexity index is 997. The Morgan fingerprint density at radius 1 is 1.17 bits per heavy atom. The predicted molar refractivity (Wildman–Crippen MR) is 116 cm³/mol. The lowest BCUT2D eigenvalue weighted by Crippen LogP contribution is -2.39. The van der Waals surface area contributed by atoms with Crippen LogP contribution in [0.2, 0.25) is 0 Å². The lowest BCUT2D eigenvalue weighted by molar-refractivity contribution is -0.119. The lowest BCUT2D eigenvalue weighted by atomic mass is 9.71. The molecule has 2 atom stereocenters. The van der Waals surface area contributed by atoms with Crippen molar-refractivity contribution in [1.29, 1.82) is 0 Å². The Labute approximate surface area is 174 Å². The van der Waals surface area contributed by atoms with E-state index in [2.05, 4.69) is 10.3 Å². The smallest absolute Gasteiger partial charge is 0.234 e. The van der Waals surface area contributed by atoms with Gasteiger partial charge in [-0.1, -0.05) is 12.1 Å². The quantitative estimate of drug-likeness (QED) is 0.753. The van der Waals surface area contributed by atoms with Gasteiger partial charge in [-0.15, -0.1) is 11.8 Å². The highest BCUT2D eigenvalue weighted by Crippen LogP contribution is 2.43. The molecule has 0 saturated heterocycles. The second kappa shape index (κ2) is 8.33. The first-order valence-electron chi connectivity index (χ1n) is 9.74. The van der Waals surface area contributed by atoms with E-state index in [4.69, 9.17) is 4.99 Å². The van der Waals surface area contributed by atoms with Gasteiger partial charge in [0.05, 0.1) is 17.8 Å². The first-order valence-corrected chi connectivity index (χ1v) is 11.0. The maximum Gasteiger partial charge on any atom is 0.234 e. The van der Waals surface area contributed by atoms with Gasteiger partial charge in [-0.2, -0.15) is 0 Å². The van der Waals surface area contributed by atoms with Crippen LogP contribution in [0.3, 0.4) is 0 Å². The standard InChI is InChI=1S/C23H23N3O2S/c1-14-20(23(28)26-16-5-4-12-24-13-16)21(15-8-10-17(29-2)11-9-15)22-18(25-14)6-3-7-19(22)27/h4-5,8-13,20-21H,3,6-7H2,1-2H3,(H,26,28)/t20?,21-/m0/s1. The number of ketones is 1. The third kappa shape index (κ3) is 3.90. The molecule has 5 nitrogen and oxygen atoms in total. The zero-order valence-corrected chi connectivity index (χ0v) is 17.3. The maximum absolute atomic E-state index is 13.3. The van der Waals surface area contributed by atoms with Gasteiger partial charge in [-0.05, 0) is 55.9 Å². The van der Waals surface area contributed by atoms with E-state index in [9.17, 15) is 9.59 Å². The number of Topliss-reactive ketones (excluding diaryl/α,β-unsaturated/α-hetero) is 1. The number of anilines is 1. The van der Waals surface area contributed by atoms with Gasteiger partial charge in [0.1, 0.15) is 0 Å². The number of pyridine rings is 1. The molecule has 1 unspecified atom stereocenters. The molecule has 148 valence electrons. The van der Waals surface area contributed by atoms with Crippen molar-refractivity contribution < 1.29 is 9.59 Å². The number of aromatic nitrogens is 1. The molecule has 1 aromatic heterocycles. The first kappa shape index (κ1) is 19.6. The summed E-state index contributed by atoms with van der Waals surface area (Å²) in [4.78, 5) is 36.1. The highest BCUT2D eigenvalue weighted by molar-refractivity contribution is 7.98. The van der Waals surface area contributed by atoms with E-state index >= 15 is 0 Å². The zero-order chi connectivity index (χ0) is 20.4. The molecule has 29 heavy (non-hydrogen) atoms. The molecule has 1 amide bonds. The number of nitrogens with one attached hydrogen (secondary N) is 1. The molecule has 0 bridgehead atoms. The van der Waals surface area contributed by atoms with Crippen LogP contribution in [0.4, 0.5) is 5.69 Å². The van der Waals surface area contributed by atoms with Crippen LogP contribution in [0.1, 0.15) is 37.7 Å². The molecule has 0 spiro atoms. The zero-order valence-electron chi connectivity index (χ0n) is 16.5. The number of carbonyl (C=O) groups excluding carboxylic acids is 2. The van der Waals surface area contributed by atoms with Crippen molar-refractivity contribution in [3.05, 3.63) is 65.6 Å². The van der Waals surface area contributed by atoms with Crippen LogP contribution < -0.4 is 5.32 Å². The fourth-order valence-corrected chi connectivity index (χ4v) is 4.58. The number of thioether (sulfide) groups is 1. The number of carbonyl (C=O) groups is 2. The largest absolute Gasteiger partial charge is 0.324 e. The van der Waals surface area contributed by atoms with Crippen molar-refractivity contribution in [3.8, 4) is 0 Å². The molecule has 0 saturated carbocycles. The van der Waals surface area contributed by atoms with Gasteiger partial charge in [-0.25, -0.2) is 0 Å². The van der Waals surface area contributed by atoms with E-state index in [-0.39, 0.29) is 17.6 Å². The summed E-state index contributed by atoms with van der Waals surface area (Å²) in [7, 11) is 0. The summed E-state index contributed by atoms with van der Waals surface area (Å²) in [6.07, 6.45) is 7.43. The molecule has 1 aliphatic heterocycles. The van der Waals surface area contributed by atoms with Crippen LogP contribution in [-0.4, -0.2) is 28.6 Å². The van der Waals surface area contributed by atoms with Crippen LogP contribution in [0.25, 0.3) is 0 Å². The SMILES string of the molecule is CSc1ccc([C@@H]2C3=C(CCCC3=O)N=C(C)C2C(=O)Nc2cccnc2)cc1. The number of benzene rings is 1. The molecule has 1 N–H and O–H groups in total. The minimum Gasteiger partial charge on any atom is -0.324 e. The maximum atomic E-state index is 13.3. The highest BCUT2D eigenvalue weighted by atomic mass is 32.2. The summed E-state index contributed by atoms with van der Waals surface area (Å²) in [6.45, 7) is 1.89. The average Bonchev–Trinajstić information content (AvgIpc) is 2.73. The van der Waals surface area contributed by atoms with Crippen LogP contribution in [-0.2, 0) is 9.59 Å². The molecule has 0 fully saturated rings. The first-order chi connectivity index (χ1) is 14.1. The number of allylic oxidation sites excluding steroid dienone is 2. The molecule has 0 radical (unpaired) electrons. The second-order valence-electron chi connectivity index (χ2n) is 7.35. The minimum absolute atomic E-state index is 0.112. The van der Waals surface area contributed by atoms with Crippen LogP contribution in [0.5, 0.6) is 0 Å². The summed E-state index contributed by atoms with van der Waals surface area (Å²) >= 11 is 1.67. The summed E-state index contributed by atoms with van der Waals surface area (Å²) < 4.78 is 0. The number of hydrogen-bond donors (Lipinski definition) is 1. The highest BCUT2D eigenvalue weighted by Gasteiger charge is 2.42. The van der Waals surface area contributed by atoms with E-state index < -0.39 is 5.92 Å². The number of amides is 1. The molecule has 1 aliphatic carbocycles. The summed E-state index contributed by atoms with van der Waals surface area (Å²) in [5, 5.41) is 2.95. The van der Waals surface area contributed by atoms with Crippen molar-refractivity contribution >= 4 is 34.9 Å². The average molecular weight is 406 g/mol. The number of nitrogens with zero attached hydrogens (tertiary/aromatic N) is 2. The van der Waals surface area contributed by atoms with Crippen molar-refractivity contribution in [2.75, 3.05) is 11.6 Å². The van der Waals surface area contributed by atoms with Gasteiger partial charge >= 0.3 is 0 Å². The van der Waals surface area contributed by atoms with Gasteiger partial charge < -0.3 is 5.32 Å². The number of aliphatic imine (C=N–C) groups is 1. The van der Waals surface area contributed by atoms with Crippen molar-refractivity contribution in [3.63, 3.8) is 0 Å². The molecule has 1 aromatic carbocycles. The molecule has 2 heterocycles. The Morgan fingerprint density at radius 2 is 1.97 bits per heavy atom. The van der Waals surface area contributed by atoms with Gasteiger partial charge in [0.25, 0.3) is 0 Å². The van der Waals surface area contributed by atoms with Crippen molar-refractivity contribution in [2.45, 2.75) is 37.0 Å². The summed E-state index contributed by atoms with van der Waals surface area (Å²) in [5.74, 6) is -0.900. The fraction of sp³-hybridized carbons (Fsp3) is 0.304. The van der Waals surface area contributed by atoms with Crippen LogP contribution in [0.15, 0.2) is 69.9 Å². The van der Waals surface area contributed by atoms with Gasteiger partial charge in [-0.3, -0.25) is 19.6 Å². The Hall–Kier alpha value is -2.73. The molecular formula is C23H23N3O2S. The Morgan fingerprint density at radius 3 is 2.66 bits per heavy atom. The third-order valence-electron chi connectivity index (χ3n) is 5.52. The van der Waals surface area contributed by atoms with E-state index in [0.29, 0.717) is 17.7 Å². The van der Waals surface area contributed by atoms with Gasteiger partial charge in [0.2, 0.25) is 5.91 Å². The van der Waals surface area contributed by atoms with Gasteiger partial charge in [0.15, 0.2) is 5.78 Å². The molecule has 4 rings (SSSR count). The van der Waals surface area contributed by atoms with E-state index in [1.807, 2.05) is 37.4 Å². The second-order valence-corrected chi connectivity index (χ2v) is 8.23. The van der Waals surface area contributed by atoms with E-state index in [1.165, 1.54) is 0 Å². The van der Waals surface area contributed by atoms with Crippen molar-refractivity contribution in [1.82, 2.24) is 4.98 Å².